The van der Waals surface area contributed by atoms with Gasteiger partial charge in [-0.25, -0.2) is 0 Å². The molecule has 3 aliphatic heterocycles. The van der Waals surface area contributed by atoms with Gasteiger partial charge in [-0.1, -0.05) is 69.9 Å². The van der Waals surface area contributed by atoms with Gasteiger partial charge in [0.05, 0.1) is 29.2 Å². The summed E-state index contributed by atoms with van der Waals surface area (Å²) in [6.45, 7) is 6.40. The second kappa shape index (κ2) is 10.8. The minimum atomic E-state index is -0.674. The van der Waals surface area contributed by atoms with Crippen molar-refractivity contribution in [3.63, 3.8) is 0 Å². The predicted octanol–water partition coefficient (Wildman–Crippen LogP) is 3.64. The Kier molecular flexibility index (Phi) is 7.84. The Morgan fingerprint density at radius 1 is 1.13 bits per heavy atom. The van der Waals surface area contributed by atoms with Crippen molar-refractivity contribution in [3.8, 4) is 0 Å². The number of aliphatic hydroxyl groups excluding tert-OH is 1. The van der Waals surface area contributed by atoms with Crippen molar-refractivity contribution in [1.29, 1.82) is 0 Å². The van der Waals surface area contributed by atoms with Gasteiger partial charge in [-0.2, -0.15) is 0 Å². The molecule has 1 spiro atoms. The molecule has 5 rings (SSSR count). The Balaban J connectivity index is 1.48. The summed E-state index contributed by atoms with van der Waals surface area (Å²) in [4.78, 5) is 44.0. The molecule has 2 unspecified atom stereocenters. The minimum Gasteiger partial charge on any atom is -0.394 e. The Morgan fingerprint density at radius 2 is 1.84 bits per heavy atom. The average molecular weight is 542 g/mol. The molecule has 4 fully saturated rings. The minimum absolute atomic E-state index is 0.0345. The second-order valence-electron chi connectivity index (χ2n) is 12.2. The molecule has 2 bridgehead atoms. The standard InChI is InChI=1S/C30H43N3O4S/c1-4-19(2)22(18-34)33-25(27(36)32-21-13-9-6-10-14-21)30-16-15-29(3,38-30)23(24(30)28(33)37)26(35)31-17-20-11-7-5-8-12-20/h5,7-8,11-12,19,21-25,34H,4,6,9-10,13-18H2,1-3H3,(H,31,35)(H,32,36)/t19-,22-,23+,24-,25?,29-,30?/m0/s1. The van der Waals surface area contributed by atoms with Crippen LogP contribution in [0.15, 0.2) is 30.3 Å². The van der Waals surface area contributed by atoms with E-state index < -0.39 is 33.4 Å². The highest BCUT2D eigenvalue weighted by Gasteiger charge is 2.77. The number of likely N-dealkylation sites (tertiary alicyclic amines) is 1. The third kappa shape index (κ3) is 4.55. The Labute approximate surface area is 230 Å². The van der Waals surface area contributed by atoms with Crippen molar-refractivity contribution < 1.29 is 19.5 Å². The van der Waals surface area contributed by atoms with Crippen LogP contribution in [-0.2, 0) is 20.9 Å². The van der Waals surface area contributed by atoms with Crippen LogP contribution >= 0.6 is 11.8 Å². The zero-order valence-corrected chi connectivity index (χ0v) is 23.8. The second-order valence-corrected chi connectivity index (χ2v) is 14.1. The lowest BCUT2D eigenvalue weighted by Gasteiger charge is -2.40. The van der Waals surface area contributed by atoms with Crippen LogP contribution in [0.1, 0.15) is 77.7 Å². The first-order valence-corrected chi connectivity index (χ1v) is 15.3. The van der Waals surface area contributed by atoms with Gasteiger partial charge in [-0.15, -0.1) is 11.8 Å². The fourth-order valence-electron chi connectivity index (χ4n) is 7.66. The van der Waals surface area contributed by atoms with E-state index in [1.165, 1.54) is 6.42 Å². The predicted molar refractivity (Wildman–Crippen MR) is 149 cm³/mol. The first-order chi connectivity index (χ1) is 18.3. The molecule has 1 aromatic carbocycles. The van der Waals surface area contributed by atoms with E-state index in [2.05, 4.69) is 17.6 Å². The zero-order chi connectivity index (χ0) is 27.1. The van der Waals surface area contributed by atoms with E-state index in [0.29, 0.717) is 6.54 Å². The third-order valence-electron chi connectivity index (χ3n) is 9.85. The fraction of sp³-hybridized carbons (Fsp3) is 0.700. The number of benzene rings is 1. The van der Waals surface area contributed by atoms with Crippen LogP contribution < -0.4 is 10.6 Å². The van der Waals surface area contributed by atoms with Crippen molar-refractivity contribution >= 4 is 29.5 Å². The van der Waals surface area contributed by atoms with E-state index in [4.69, 9.17) is 0 Å². The smallest absolute Gasteiger partial charge is 0.244 e. The molecule has 3 heterocycles. The van der Waals surface area contributed by atoms with Crippen molar-refractivity contribution in [2.75, 3.05) is 6.61 Å². The van der Waals surface area contributed by atoms with Crippen LogP contribution in [0.25, 0.3) is 0 Å². The van der Waals surface area contributed by atoms with Gasteiger partial charge < -0.3 is 20.6 Å². The maximum absolute atomic E-state index is 14.4. The van der Waals surface area contributed by atoms with Gasteiger partial charge in [0.25, 0.3) is 0 Å². The molecule has 1 saturated carbocycles. The summed E-state index contributed by atoms with van der Waals surface area (Å²) in [5, 5.41) is 16.9. The number of thioether (sulfide) groups is 1. The summed E-state index contributed by atoms with van der Waals surface area (Å²) in [7, 11) is 0. The molecule has 7 atom stereocenters. The number of amides is 3. The van der Waals surface area contributed by atoms with Gasteiger partial charge >= 0.3 is 0 Å². The Morgan fingerprint density at radius 3 is 2.50 bits per heavy atom. The number of hydrogen-bond acceptors (Lipinski definition) is 5. The largest absolute Gasteiger partial charge is 0.394 e. The van der Waals surface area contributed by atoms with Crippen LogP contribution in [-0.4, -0.2) is 62.0 Å². The highest BCUT2D eigenvalue weighted by Crippen LogP contribution is 2.71. The molecule has 1 aliphatic carbocycles. The van der Waals surface area contributed by atoms with Gasteiger partial charge in [0.1, 0.15) is 6.04 Å². The highest BCUT2D eigenvalue weighted by atomic mass is 32.2. The van der Waals surface area contributed by atoms with Gasteiger partial charge in [0, 0.05) is 17.3 Å². The van der Waals surface area contributed by atoms with E-state index >= 15 is 0 Å². The Hall–Kier alpha value is -2.06. The van der Waals surface area contributed by atoms with Crippen molar-refractivity contribution in [2.24, 2.45) is 17.8 Å². The molecule has 7 nitrogen and oxygen atoms in total. The summed E-state index contributed by atoms with van der Waals surface area (Å²) in [5.41, 5.74) is 1.01. The summed E-state index contributed by atoms with van der Waals surface area (Å²) in [6.07, 6.45) is 7.64. The quantitative estimate of drug-likeness (QED) is 0.443. The first-order valence-electron chi connectivity index (χ1n) is 14.5. The van der Waals surface area contributed by atoms with Gasteiger partial charge in [-0.05, 0) is 44.1 Å². The van der Waals surface area contributed by atoms with Crippen molar-refractivity contribution in [2.45, 2.75) is 106 Å². The normalized spacial score (nSPS) is 34.2. The molecule has 3 amide bonds. The summed E-state index contributed by atoms with van der Waals surface area (Å²) >= 11 is 1.70. The first kappa shape index (κ1) is 27.5. The van der Waals surface area contributed by atoms with E-state index in [1.54, 1.807) is 16.7 Å². The summed E-state index contributed by atoms with van der Waals surface area (Å²) in [5.74, 6) is -1.39. The van der Waals surface area contributed by atoms with Gasteiger partial charge in [0.2, 0.25) is 17.7 Å². The number of nitrogens with one attached hydrogen (secondary N) is 2. The zero-order valence-electron chi connectivity index (χ0n) is 22.9. The lowest BCUT2D eigenvalue weighted by atomic mass is 9.66. The maximum Gasteiger partial charge on any atom is 0.244 e. The topological polar surface area (TPSA) is 98.7 Å². The number of rotatable bonds is 9. The molecule has 38 heavy (non-hydrogen) atoms. The fourth-order valence-corrected chi connectivity index (χ4v) is 10.0. The van der Waals surface area contributed by atoms with Crippen molar-refractivity contribution in [1.82, 2.24) is 15.5 Å². The number of nitrogens with zero attached hydrogens (tertiary/aromatic N) is 1. The van der Waals surface area contributed by atoms with Gasteiger partial charge in [0.15, 0.2) is 0 Å². The third-order valence-corrected chi connectivity index (χ3v) is 11.8. The molecule has 3 saturated heterocycles. The number of aliphatic hydroxyl groups is 1. The summed E-state index contributed by atoms with van der Waals surface area (Å²) < 4.78 is -1.05. The lowest BCUT2D eigenvalue weighted by molar-refractivity contribution is -0.144. The summed E-state index contributed by atoms with van der Waals surface area (Å²) in [6, 6.07) is 8.80. The van der Waals surface area contributed by atoms with Crippen LogP contribution in [0, 0.1) is 17.8 Å². The monoisotopic (exact) mass is 541 g/mol. The molecule has 0 aromatic heterocycles. The van der Waals surface area contributed by atoms with Crippen LogP contribution in [0.2, 0.25) is 0 Å². The maximum atomic E-state index is 14.4. The van der Waals surface area contributed by atoms with E-state index in [9.17, 15) is 19.5 Å². The lowest BCUT2D eigenvalue weighted by Crippen LogP contribution is -2.59. The van der Waals surface area contributed by atoms with E-state index in [-0.39, 0.29) is 36.3 Å². The van der Waals surface area contributed by atoms with Crippen molar-refractivity contribution in [3.05, 3.63) is 35.9 Å². The van der Waals surface area contributed by atoms with E-state index in [0.717, 1.165) is 50.5 Å². The molecule has 3 N–H and O–H groups in total. The van der Waals surface area contributed by atoms with Crippen LogP contribution in [0.5, 0.6) is 0 Å². The molecule has 0 radical (unpaired) electrons. The molecular weight excluding hydrogens is 498 g/mol. The average Bonchev–Trinajstić information content (AvgIpc) is 3.49. The van der Waals surface area contributed by atoms with Crippen LogP contribution in [0.4, 0.5) is 0 Å². The molecular formula is C30H43N3O4S. The molecule has 4 aliphatic rings. The number of hydrogen-bond donors (Lipinski definition) is 3. The highest BCUT2D eigenvalue weighted by molar-refractivity contribution is 8.02. The van der Waals surface area contributed by atoms with Crippen LogP contribution in [0.3, 0.4) is 0 Å². The van der Waals surface area contributed by atoms with E-state index in [1.807, 2.05) is 44.2 Å². The molecule has 1 aromatic rings. The molecule has 208 valence electrons. The molecule has 8 heteroatoms. The number of carbonyl (C=O) groups excluding carboxylic acids is 3. The number of fused-ring (bicyclic) bond motifs is 1. The number of carbonyl (C=O) groups is 3. The SMILES string of the molecule is CC[C@H](C)[C@H](CO)N1C(=O)[C@@H]2[C@H](C(=O)NCc3ccccc3)[C@]3(C)CCC2(S3)C1C(=O)NC1CCCCC1. The van der Waals surface area contributed by atoms with Gasteiger partial charge in [-0.3, -0.25) is 14.4 Å². The Bertz CT molecular complexity index is 1050.